The second-order valence-corrected chi connectivity index (χ2v) is 13.9. The minimum atomic E-state index is -3.72. The SMILES string of the molecule is CC(C)(C)OC=O.CC(C)(C)OC=O.CCCCC(C=O)(CC)CS(=O)(=O)c1ccc(N=O)cc1Cc1ccccc1. The third kappa shape index (κ3) is 15.6. The molecule has 0 N–H and O–H groups in total. The quantitative estimate of drug-likeness (QED) is 0.174. The predicted octanol–water partition coefficient (Wildman–Crippen LogP) is 7.15. The van der Waals surface area contributed by atoms with Gasteiger partial charge in [0.1, 0.15) is 23.2 Å². The number of ether oxygens (including phenoxy) is 2. The van der Waals surface area contributed by atoms with Crippen LogP contribution in [-0.2, 0) is 40.1 Å². The van der Waals surface area contributed by atoms with Gasteiger partial charge >= 0.3 is 0 Å². The molecule has 0 aliphatic carbocycles. The van der Waals surface area contributed by atoms with Gasteiger partial charge in [-0.25, -0.2) is 8.42 Å². The lowest BCUT2D eigenvalue weighted by molar-refractivity contribution is -0.139. The van der Waals surface area contributed by atoms with Crippen LogP contribution >= 0.6 is 0 Å². The van der Waals surface area contributed by atoms with Crippen molar-refractivity contribution in [2.75, 3.05) is 5.75 Å². The first-order chi connectivity index (χ1) is 19.5. The first-order valence-electron chi connectivity index (χ1n) is 13.9. The number of carbonyl (C=O) groups is 3. The second-order valence-electron chi connectivity index (χ2n) is 11.9. The molecule has 0 aliphatic heterocycles. The van der Waals surface area contributed by atoms with Crippen molar-refractivity contribution >= 4 is 34.8 Å². The molecule has 2 aromatic rings. The van der Waals surface area contributed by atoms with Gasteiger partial charge in [0.05, 0.1) is 10.6 Å². The number of carbonyl (C=O) groups excluding carboxylic acids is 3. The van der Waals surface area contributed by atoms with E-state index in [1.807, 2.05) is 85.7 Å². The molecule has 0 aromatic heterocycles. The molecule has 0 amide bonds. The monoisotopic (exact) mass is 605 g/mol. The molecule has 0 fully saturated rings. The fourth-order valence-electron chi connectivity index (χ4n) is 3.68. The molecular formula is C32H47NO8S. The summed E-state index contributed by atoms with van der Waals surface area (Å²) < 4.78 is 35.6. The van der Waals surface area contributed by atoms with Gasteiger partial charge in [-0.3, -0.25) is 9.59 Å². The zero-order valence-electron chi connectivity index (χ0n) is 26.2. The van der Waals surface area contributed by atoms with E-state index in [4.69, 9.17) is 0 Å². The molecule has 0 radical (unpaired) electrons. The maximum absolute atomic E-state index is 13.3. The van der Waals surface area contributed by atoms with Crippen molar-refractivity contribution in [3.8, 4) is 0 Å². The number of nitrogens with zero attached hydrogens (tertiary/aromatic N) is 1. The number of benzene rings is 2. The van der Waals surface area contributed by atoms with E-state index < -0.39 is 15.3 Å². The first kappa shape index (κ1) is 38.6. The predicted molar refractivity (Wildman–Crippen MR) is 165 cm³/mol. The van der Waals surface area contributed by atoms with Gasteiger partial charge in [-0.05, 0) is 95.3 Å². The van der Waals surface area contributed by atoms with Crippen LogP contribution in [0.5, 0.6) is 0 Å². The highest BCUT2D eigenvalue weighted by Crippen LogP contribution is 2.33. The van der Waals surface area contributed by atoms with Crippen LogP contribution in [0.1, 0.15) is 92.2 Å². The smallest absolute Gasteiger partial charge is 0.293 e. The summed E-state index contributed by atoms with van der Waals surface area (Å²) in [6.45, 7) is 15.7. The highest BCUT2D eigenvalue weighted by molar-refractivity contribution is 7.91. The van der Waals surface area contributed by atoms with Crippen molar-refractivity contribution in [2.45, 2.75) is 104 Å². The summed E-state index contributed by atoms with van der Waals surface area (Å²) in [7, 11) is -3.72. The molecule has 10 heteroatoms. The van der Waals surface area contributed by atoms with E-state index in [-0.39, 0.29) is 27.5 Å². The topological polar surface area (TPSA) is 133 Å². The fraction of sp³-hybridized carbons (Fsp3) is 0.531. The highest BCUT2D eigenvalue weighted by atomic mass is 32.2. The van der Waals surface area contributed by atoms with Gasteiger partial charge in [0, 0.05) is 5.41 Å². The molecule has 234 valence electrons. The molecule has 42 heavy (non-hydrogen) atoms. The van der Waals surface area contributed by atoms with Crippen molar-refractivity contribution in [3.05, 3.63) is 64.6 Å². The number of hydrogen-bond donors (Lipinski definition) is 0. The van der Waals surface area contributed by atoms with Crippen LogP contribution in [0, 0.1) is 10.3 Å². The largest absolute Gasteiger partial charge is 0.462 e. The summed E-state index contributed by atoms with van der Waals surface area (Å²) >= 11 is 0. The standard InChI is InChI=1S/C22H27NO4S.2C5H10O2/c1-3-5-13-22(4-2,16-24)17-28(26,27)21-12-11-20(23-25)15-19(21)14-18-9-7-6-8-10-18;2*1-5(2,3)7-4-6/h6-12,15-16H,3-5,13-14,17H2,1-2H3;2*4H,1-3H3. The van der Waals surface area contributed by atoms with Crippen LogP contribution in [0.25, 0.3) is 0 Å². The lowest BCUT2D eigenvalue weighted by Gasteiger charge is -2.26. The van der Waals surface area contributed by atoms with Crippen molar-refractivity contribution in [3.63, 3.8) is 0 Å². The average molecular weight is 606 g/mol. The van der Waals surface area contributed by atoms with E-state index in [0.29, 0.717) is 37.8 Å². The summed E-state index contributed by atoms with van der Waals surface area (Å²) in [5, 5.41) is 2.94. The Kier molecular flexibility index (Phi) is 16.7. The first-order valence-corrected chi connectivity index (χ1v) is 15.6. The Labute approximate surface area is 251 Å². The molecule has 0 heterocycles. The number of nitroso groups, excluding NO2 is 1. The minimum Gasteiger partial charge on any atom is -0.462 e. The van der Waals surface area contributed by atoms with E-state index >= 15 is 0 Å². The van der Waals surface area contributed by atoms with Crippen molar-refractivity contribution in [1.29, 1.82) is 0 Å². The molecule has 9 nitrogen and oxygen atoms in total. The molecule has 2 aromatic carbocycles. The van der Waals surface area contributed by atoms with E-state index in [0.717, 1.165) is 24.7 Å². The van der Waals surface area contributed by atoms with Crippen LogP contribution < -0.4 is 0 Å². The highest BCUT2D eigenvalue weighted by Gasteiger charge is 2.35. The van der Waals surface area contributed by atoms with Crippen LogP contribution in [0.2, 0.25) is 0 Å². The van der Waals surface area contributed by atoms with E-state index in [1.165, 1.54) is 18.2 Å². The lowest BCUT2D eigenvalue weighted by atomic mass is 9.84. The van der Waals surface area contributed by atoms with Gasteiger partial charge in [-0.1, -0.05) is 57.0 Å². The summed E-state index contributed by atoms with van der Waals surface area (Å²) in [4.78, 5) is 42.2. The van der Waals surface area contributed by atoms with Gasteiger partial charge in [0.25, 0.3) is 12.9 Å². The van der Waals surface area contributed by atoms with Crippen LogP contribution in [0.4, 0.5) is 5.69 Å². The molecule has 0 bridgehead atoms. The van der Waals surface area contributed by atoms with Crippen molar-refractivity contribution in [1.82, 2.24) is 0 Å². The molecule has 0 spiro atoms. The molecule has 1 unspecified atom stereocenters. The Morgan fingerprint density at radius 1 is 0.833 bits per heavy atom. The molecular weight excluding hydrogens is 558 g/mol. The molecule has 0 aliphatic rings. The van der Waals surface area contributed by atoms with Gasteiger partial charge in [-0.2, -0.15) is 0 Å². The van der Waals surface area contributed by atoms with Crippen LogP contribution in [0.3, 0.4) is 0 Å². The Morgan fingerprint density at radius 3 is 1.76 bits per heavy atom. The number of unbranched alkanes of at least 4 members (excludes halogenated alkanes) is 1. The van der Waals surface area contributed by atoms with Crippen LogP contribution in [0.15, 0.2) is 58.6 Å². The third-order valence-electron chi connectivity index (χ3n) is 5.99. The third-order valence-corrected chi connectivity index (χ3v) is 8.01. The number of rotatable bonds is 13. The molecule has 1 atom stereocenters. The normalized spacial score (nSPS) is 12.7. The molecule has 2 rings (SSSR count). The minimum absolute atomic E-state index is 0.167. The lowest BCUT2D eigenvalue weighted by Crippen LogP contribution is -2.32. The zero-order valence-corrected chi connectivity index (χ0v) is 27.0. The molecule has 0 saturated carbocycles. The Hall–Kier alpha value is -3.40. The summed E-state index contributed by atoms with van der Waals surface area (Å²) in [6, 6.07) is 13.8. The molecule has 0 saturated heterocycles. The Bertz CT molecular complexity index is 1200. The summed E-state index contributed by atoms with van der Waals surface area (Å²) in [5.74, 6) is -0.227. The van der Waals surface area contributed by atoms with E-state index in [1.54, 1.807) is 0 Å². The fourth-order valence-corrected chi connectivity index (χ4v) is 5.82. The van der Waals surface area contributed by atoms with Crippen molar-refractivity contribution < 1.29 is 32.3 Å². The van der Waals surface area contributed by atoms with Crippen molar-refractivity contribution in [2.24, 2.45) is 10.6 Å². The second kappa shape index (κ2) is 18.2. The number of hydrogen-bond acceptors (Lipinski definition) is 9. The number of sulfone groups is 1. The zero-order chi connectivity index (χ0) is 32.5. The van der Waals surface area contributed by atoms with Gasteiger partial charge < -0.3 is 14.3 Å². The number of aldehydes is 1. The Morgan fingerprint density at radius 2 is 1.38 bits per heavy atom. The van der Waals surface area contributed by atoms with Crippen LogP contribution in [-0.4, -0.2) is 44.6 Å². The van der Waals surface area contributed by atoms with Gasteiger partial charge in [0.2, 0.25) is 0 Å². The van der Waals surface area contributed by atoms with E-state index in [9.17, 15) is 27.7 Å². The maximum Gasteiger partial charge on any atom is 0.293 e. The summed E-state index contributed by atoms with van der Waals surface area (Å²) in [6.07, 6.45) is 3.89. The average Bonchev–Trinajstić information content (AvgIpc) is 2.91. The Balaban J connectivity index is 0.000000990. The summed E-state index contributed by atoms with van der Waals surface area (Å²) in [5.41, 5.74) is 0.122. The van der Waals surface area contributed by atoms with Gasteiger partial charge in [-0.15, -0.1) is 4.91 Å². The maximum atomic E-state index is 13.3. The van der Waals surface area contributed by atoms with E-state index in [2.05, 4.69) is 14.7 Å². The van der Waals surface area contributed by atoms with Gasteiger partial charge in [0.15, 0.2) is 9.84 Å².